The topological polar surface area (TPSA) is 120 Å². The Morgan fingerprint density at radius 1 is 1.18 bits per heavy atom. The van der Waals surface area contributed by atoms with Gasteiger partial charge in [-0.25, -0.2) is 5.84 Å². The molecule has 0 atom stereocenters. The average molecular weight is 397 g/mol. The van der Waals surface area contributed by atoms with Gasteiger partial charge in [-0.3, -0.25) is 20.0 Å². The first-order valence-corrected chi connectivity index (χ1v) is 9.62. The predicted octanol–water partition coefficient (Wildman–Crippen LogP) is 2.92. The van der Waals surface area contributed by atoms with Crippen LogP contribution in [0.3, 0.4) is 0 Å². The van der Waals surface area contributed by atoms with Crippen molar-refractivity contribution in [2.24, 2.45) is 11.0 Å². The van der Waals surface area contributed by atoms with Gasteiger partial charge in [0.15, 0.2) is 5.17 Å². The van der Waals surface area contributed by atoms with Gasteiger partial charge >= 0.3 is 5.91 Å². The van der Waals surface area contributed by atoms with Crippen molar-refractivity contribution >= 4 is 40.1 Å². The van der Waals surface area contributed by atoms with Gasteiger partial charge in [-0.1, -0.05) is 30.0 Å². The summed E-state index contributed by atoms with van der Waals surface area (Å²) in [5.41, 5.74) is 2.68. The van der Waals surface area contributed by atoms with E-state index in [4.69, 9.17) is 11.3 Å². The van der Waals surface area contributed by atoms with Crippen LogP contribution in [0, 0.1) is 10.3 Å². The molecule has 2 aromatic rings. The van der Waals surface area contributed by atoms with Crippen LogP contribution >= 0.6 is 11.8 Å². The summed E-state index contributed by atoms with van der Waals surface area (Å²) in [5, 5.41) is 11.6. The van der Waals surface area contributed by atoms with Crippen LogP contribution in [0.4, 0.5) is 11.4 Å². The molecule has 144 valence electrons. The number of hydrogen-bond donors (Lipinski definition) is 2. The van der Waals surface area contributed by atoms with E-state index in [0.29, 0.717) is 12.2 Å². The van der Waals surface area contributed by atoms with Gasteiger partial charge in [0.2, 0.25) is 5.91 Å². The molecule has 3 N–H and O–H groups in total. The molecule has 0 aliphatic carbocycles. The molecular weight excluding hydrogens is 378 g/mol. The van der Waals surface area contributed by atoms with Crippen LogP contribution in [-0.4, -0.2) is 29.3 Å². The predicted molar refractivity (Wildman–Crippen MR) is 111 cm³/mol. The third-order valence-corrected chi connectivity index (χ3v) is 5.30. The number of nitrogens with two attached hydrogens (primary N) is 1. The van der Waals surface area contributed by atoms with Crippen LogP contribution in [0.25, 0.3) is 0 Å². The number of nitrogens with zero attached hydrogens (tertiary/aromatic N) is 3. The van der Waals surface area contributed by atoms with Crippen LogP contribution in [0.5, 0.6) is 0 Å². The standard InChI is InChI=1S/C19H19N5O3S/c20-19(24(21)15-9-7-14(8-10-15)18(26)22-27)28-12-17(25)23-11-3-5-13-4-1-2-6-16(13)23/h1-2,4,6-10,20H,3,5,11-12,21H2. The molecule has 1 heterocycles. The number of aryl methyl sites for hydroxylation is 1. The molecule has 3 rings (SSSR count). The molecule has 8 nitrogen and oxygen atoms in total. The number of nitrogens with one attached hydrogen (secondary N) is 1. The number of para-hydroxylation sites is 1. The lowest BCUT2D eigenvalue weighted by molar-refractivity contribution is -0.116. The maximum Gasteiger partial charge on any atom is 0.316 e. The number of fused-ring (bicyclic) bond motifs is 1. The quantitative estimate of drug-likeness (QED) is 0.269. The number of nitroso groups, excluding NO2 is 1. The van der Waals surface area contributed by atoms with Crippen molar-refractivity contribution in [2.45, 2.75) is 12.8 Å². The molecule has 28 heavy (non-hydrogen) atoms. The van der Waals surface area contributed by atoms with Crippen molar-refractivity contribution in [3.8, 4) is 0 Å². The summed E-state index contributed by atoms with van der Waals surface area (Å²) in [7, 11) is 0. The van der Waals surface area contributed by atoms with E-state index in [9.17, 15) is 14.5 Å². The van der Waals surface area contributed by atoms with Crippen LogP contribution in [0.1, 0.15) is 22.3 Å². The van der Waals surface area contributed by atoms with E-state index in [1.807, 2.05) is 24.3 Å². The molecule has 1 aliphatic heterocycles. The Bertz CT molecular complexity index is 916. The van der Waals surface area contributed by atoms with Gasteiger partial charge in [0.05, 0.1) is 11.4 Å². The summed E-state index contributed by atoms with van der Waals surface area (Å²) < 4.78 is 0. The number of thioether (sulfide) groups is 1. The summed E-state index contributed by atoms with van der Waals surface area (Å²) in [6.45, 7) is 0.663. The van der Waals surface area contributed by atoms with Gasteiger partial charge in [0, 0.05) is 23.0 Å². The van der Waals surface area contributed by atoms with Gasteiger partial charge in [-0.15, -0.1) is 4.91 Å². The lowest BCUT2D eigenvalue weighted by Crippen LogP contribution is -2.39. The molecule has 0 bridgehead atoms. The van der Waals surface area contributed by atoms with Crippen molar-refractivity contribution < 1.29 is 9.59 Å². The summed E-state index contributed by atoms with van der Waals surface area (Å²) in [6, 6.07) is 13.7. The number of benzene rings is 2. The second kappa shape index (κ2) is 8.77. The van der Waals surface area contributed by atoms with Crippen molar-refractivity contribution in [1.82, 2.24) is 0 Å². The van der Waals surface area contributed by atoms with E-state index < -0.39 is 5.91 Å². The lowest BCUT2D eigenvalue weighted by atomic mass is 10.0. The van der Waals surface area contributed by atoms with E-state index in [1.54, 1.807) is 4.90 Å². The molecule has 0 radical (unpaired) electrons. The maximum atomic E-state index is 12.6. The first-order valence-electron chi connectivity index (χ1n) is 8.63. The van der Waals surface area contributed by atoms with Crippen molar-refractivity contribution in [2.75, 3.05) is 22.2 Å². The van der Waals surface area contributed by atoms with Crippen molar-refractivity contribution in [1.29, 1.82) is 5.41 Å². The highest BCUT2D eigenvalue weighted by atomic mass is 32.2. The smallest absolute Gasteiger partial charge is 0.311 e. The van der Waals surface area contributed by atoms with E-state index in [0.717, 1.165) is 40.9 Å². The molecule has 0 unspecified atom stereocenters. The maximum absolute atomic E-state index is 12.6. The number of anilines is 2. The molecule has 2 amide bonds. The molecule has 2 aromatic carbocycles. The fraction of sp³-hybridized carbons (Fsp3) is 0.211. The van der Waals surface area contributed by atoms with E-state index >= 15 is 0 Å². The Morgan fingerprint density at radius 3 is 2.61 bits per heavy atom. The van der Waals surface area contributed by atoms with Gasteiger partial charge in [0.25, 0.3) is 0 Å². The number of carbonyl (C=O) groups excluding carboxylic acids is 2. The van der Waals surface area contributed by atoms with Gasteiger partial charge in [-0.05, 0) is 48.7 Å². The largest absolute Gasteiger partial charge is 0.316 e. The monoisotopic (exact) mass is 397 g/mol. The number of amides is 2. The number of rotatable bonds is 4. The highest BCUT2D eigenvalue weighted by molar-refractivity contribution is 8.14. The molecule has 0 fully saturated rings. The third kappa shape index (κ3) is 4.26. The molecule has 9 heteroatoms. The second-order valence-electron chi connectivity index (χ2n) is 6.18. The molecular formula is C19H19N5O3S. The first-order chi connectivity index (χ1) is 13.5. The normalized spacial score (nSPS) is 12.8. The van der Waals surface area contributed by atoms with Crippen LogP contribution < -0.4 is 15.8 Å². The average Bonchev–Trinajstić information content (AvgIpc) is 2.75. The minimum absolute atomic E-state index is 0.00812. The zero-order valence-electron chi connectivity index (χ0n) is 15.0. The summed E-state index contributed by atoms with van der Waals surface area (Å²) in [5.74, 6) is 5.08. The molecule has 1 aliphatic rings. The van der Waals surface area contributed by atoms with Crippen molar-refractivity contribution in [3.05, 3.63) is 64.6 Å². The van der Waals surface area contributed by atoms with E-state index in [1.165, 1.54) is 24.3 Å². The Morgan fingerprint density at radius 2 is 1.89 bits per heavy atom. The second-order valence-corrected chi connectivity index (χ2v) is 7.15. The summed E-state index contributed by atoms with van der Waals surface area (Å²) >= 11 is 1.03. The molecule has 0 spiro atoms. The Labute approximate surface area is 166 Å². The third-order valence-electron chi connectivity index (χ3n) is 4.44. The van der Waals surface area contributed by atoms with Gasteiger partial charge < -0.3 is 4.90 Å². The number of amidine groups is 1. The van der Waals surface area contributed by atoms with Crippen LogP contribution in [0.2, 0.25) is 0 Å². The molecule has 0 saturated carbocycles. The van der Waals surface area contributed by atoms with Gasteiger partial charge in [-0.2, -0.15) is 0 Å². The first kappa shape index (κ1) is 19.7. The number of carbonyl (C=O) groups is 2. The van der Waals surface area contributed by atoms with Crippen LogP contribution in [-0.2, 0) is 11.2 Å². The van der Waals surface area contributed by atoms with E-state index in [2.05, 4.69) is 5.18 Å². The van der Waals surface area contributed by atoms with Crippen LogP contribution in [0.15, 0.2) is 53.7 Å². The van der Waals surface area contributed by atoms with Crippen molar-refractivity contribution in [3.63, 3.8) is 0 Å². The Hall–Kier alpha value is -3.04. The number of hydrazine groups is 1. The minimum atomic E-state index is -0.869. The minimum Gasteiger partial charge on any atom is -0.311 e. The van der Waals surface area contributed by atoms with Gasteiger partial charge in [0.1, 0.15) is 0 Å². The Balaban J connectivity index is 1.60. The zero-order chi connectivity index (χ0) is 20.1. The Kier molecular flexibility index (Phi) is 6.17. The summed E-state index contributed by atoms with van der Waals surface area (Å²) in [4.78, 5) is 35.9. The fourth-order valence-electron chi connectivity index (χ4n) is 3.00. The summed E-state index contributed by atoms with van der Waals surface area (Å²) in [6.07, 6.45) is 1.87. The fourth-order valence-corrected chi connectivity index (χ4v) is 3.67. The zero-order valence-corrected chi connectivity index (χ0v) is 15.8. The number of hydrogen-bond acceptors (Lipinski definition) is 6. The lowest BCUT2D eigenvalue weighted by Gasteiger charge is -2.29. The molecule has 0 aromatic heterocycles. The van der Waals surface area contributed by atoms with E-state index in [-0.39, 0.29) is 22.4 Å². The SMILES string of the molecule is N=C(SCC(=O)N1CCCc2ccccc21)N(N)c1ccc(C(=O)N=O)cc1. The highest BCUT2D eigenvalue weighted by Crippen LogP contribution is 2.27. The molecule has 0 saturated heterocycles. The highest BCUT2D eigenvalue weighted by Gasteiger charge is 2.23.